The Morgan fingerprint density at radius 1 is 1.33 bits per heavy atom. The molecule has 0 fully saturated rings. The first kappa shape index (κ1) is 15.9. The molecular formula is C16H17N5O3. The third kappa shape index (κ3) is 3.18. The number of hydrogen-bond acceptors (Lipinski definition) is 7. The lowest BCUT2D eigenvalue weighted by Crippen LogP contribution is -2.18. The van der Waals surface area contributed by atoms with Crippen molar-refractivity contribution in [1.82, 2.24) is 20.0 Å². The number of methoxy groups -OCH3 is 1. The summed E-state index contributed by atoms with van der Waals surface area (Å²) in [6, 6.07) is 7.80. The second-order valence-corrected chi connectivity index (χ2v) is 5.37. The van der Waals surface area contributed by atoms with Crippen molar-refractivity contribution < 1.29 is 14.1 Å². The minimum absolute atomic E-state index is 0.113. The molecule has 3 rings (SSSR count). The predicted octanol–water partition coefficient (Wildman–Crippen LogP) is 1.36. The number of aromatic nitrogens is 3. The molecular weight excluding hydrogens is 310 g/mol. The van der Waals surface area contributed by atoms with Gasteiger partial charge in [-0.05, 0) is 24.7 Å². The van der Waals surface area contributed by atoms with E-state index in [1.807, 2.05) is 36.2 Å². The fourth-order valence-corrected chi connectivity index (χ4v) is 2.51. The zero-order chi connectivity index (χ0) is 17.1. The molecule has 0 unspecified atom stereocenters. The number of primary amides is 1. The van der Waals surface area contributed by atoms with Crippen molar-refractivity contribution in [2.45, 2.75) is 13.1 Å². The fraction of sp³-hybridized carbons (Fsp3) is 0.250. The molecule has 0 atom stereocenters. The van der Waals surface area contributed by atoms with Crippen LogP contribution in [-0.2, 0) is 13.1 Å². The molecule has 0 aliphatic heterocycles. The van der Waals surface area contributed by atoms with E-state index in [9.17, 15) is 4.79 Å². The maximum Gasteiger partial charge on any atom is 0.290 e. The summed E-state index contributed by atoms with van der Waals surface area (Å²) in [6.07, 6.45) is 1.74. The minimum Gasteiger partial charge on any atom is -0.494 e. The molecule has 8 nitrogen and oxygen atoms in total. The van der Waals surface area contributed by atoms with Crippen molar-refractivity contribution in [3.63, 3.8) is 0 Å². The Morgan fingerprint density at radius 3 is 2.88 bits per heavy atom. The molecule has 2 N–H and O–H groups in total. The molecule has 0 bridgehead atoms. The van der Waals surface area contributed by atoms with E-state index in [1.165, 1.54) is 0 Å². The number of rotatable bonds is 6. The quantitative estimate of drug-likeness (QED) is 0.728. The maximum absolute atomic E-state index is 11.0. The molecule has 24 heavy (non-hydrogen) atoms. The van der Waals surface area contributed by atoms with Crippen LogP contribution < -0.4 is 10.5 Å². The van der Waals surface area contributed by atoms with Gasteiger partial charge in [0.05, 0.1) is 13.7 Å². The Hall–Kier alpha value is -3.00. The number of amides is 1. The summed E-state index contributed by atoms with van der Waals surface area (Å²) in [4.78, 5) is 21.3. The summed E-state index contributed by atoms with van der Waals surface area (Å²) < 4.78 is 10.4. The van der Waals surface area contributed by atoms with Gasteiger partial charge in [-0.2, -0.15) is 4.98 Å². The molecule has 2 aromatic heterocycles. The van der Waals surface area contributed by atoms with Crippen LogP contribution in [0.1, 0.15) is 22.1 Å². The van der Waals surface area contributed by atoms with Crippen molar-refractivity contribution in [3.05, 3.63) is 47.7 Å². The maximum atomic E-state index is 11.0. The number of benzene rings is 1. The largest absolute Gasteiger partial charge is 0.494 e. The summed E-state index contributed by atoms with van der Waals surface area (Å²) >= 11 is 0. The van der Waals surface area contributed by atoms with Crippen LogP contribution in [0.3, 0.4) is 0 Å². The highest BCUT2D eigenvalue weighted by Gasteiger charge is 2.14. The number of nitrogens with zero attached hydrogens (tertiary/aromatic N) is 4. The zero-order valence-corrected chi connectivity index (χ0v) is 13.4. The van der Waals surface area contributed by atoms with E-state index in [0.29, 0.717) is 19.0 Å². The van der Waals surface area contributed by atoms with Crippen LogP contribution in [0.4, 0.5) is 0 Å². The van der Waals surface area contributed by atoms with Crippen LogP contribution >= 0.6 is 0 Å². The first-order valence-corrected chi connectivity index (χ1v) is 7.30. The Balaban J connectivity index is 1.80. The Morgan fingerprint density at radius 2 is 2.17 bits per heavy atom. The van der Waals surface area contributed by atoms with Gasteiger partial charge < -0.3 is 15.0 Å². The molecule has 0 spiro atoms. The van der Waals surface area contributed by atoms with Crippen LogP contribution in [0, 0.1) is 0 Å². The number of hydrogen-bond donors (Lipinski definition) is 1. The SMILES string of the molecule is COc1ccc(CN(C)Cc2nc(C(N)=O)no2)c2cccnc12. The van der Waals surface area contributed by atoms with Gasteiger partial charge in [0.15, 0.2) is 0 Å². The van der Waals surface area contributed by atoms with Gasteiger partial charge >= 0.3 is 0 Å². The molecule has 0 radical (unpaired) electrons. The van der Waals surface area contributed by atoms with Gasteiger partial charge in [-0.3, -0.25) is 14.7 Å². The highest BCUT2D eigenvalue weighted by molar-refractivity contribution is 5.88. The number of carbonyl (C=O) groups is 1. The third-order valence-corrected chi connectivity index (χ3v) is 3.58. The fourth-order valence-electron chi connectivity index (χ4n) is 2.51. The minimum atomic E-state index is -0.708. The molecule has 8 heteroatoms. The third-order valence-electron chi connectivity index (χ3n) is 3.58. The summed E-state index contributed by atoms with van der Waals surface area (Å²) in [7, 11) is 3.54. The van der Waals surface area contributed by atoms with Crippen molar-refractivity contribution in [1.29, 1.82) is 0 Å². The van der Waals surface area contributed by atoms with Gasteiger partial charge in [0.2, 0.25) is 5.89 Å². The van der Waals surface area contributed by atoms with E-state index in [1.54, 1.807) is 13.3 Å². The first-order chi connectivity index (χ1) is 11.6. The predicted molar refractivity (Wildman–Crippen MR) is 86.3 cm³/mol. The molecule has 3 aromatic rings. The van der Waals surface area contributed by atoms with E-state index in [-0.39, 0.29) is 5.82 Å². The zero-order valence-electron chi connectivity index (χ0n) is 13.4. The molecule has 1 amide bonds. The monoisotopic (exact) mass is 327 g/mol. The summed E-state index contributed by atoms with van der Waals surface area (Å²) in [5.41, 5.74) is 7.03. The van der Waals surface area contributed by atoms with Crippen molar-refractivity contribution in [2.24, 2.45) is 5.73 Å². The molecule has 1 aromatic carbocycles. The number of nitrogens with two attached hydrogens (primary N) is 1. The molecule has 0 saturated heterocycles. The Labute approximate surface area is 138 Å². The second kappa shape index (κ2) is 6.63. The number of carbonyl (C=O) groups excluding carboxylic acids is 1. The van der Waals surface area contributed by atoms with Crippen LogP contribution in [0.2, 0.25) is 0 Å². The summed E-state index contributed by atoms with van der Waals surface area (Å²) in [5, 5.41) is 4.55. The molecule has 0 saturated carbocycles. The summed E-state index contributed by atoms with van der Waals surface area (Å²) in [6.45, 7) is 1.04. The van der Waals surface area contributed by atoms with Gasteiger partial charge in [0.25, 0.3) is 11.7 Å². The lowest BCUT2D eigenvalue weighted by molar-refractivity contribution is 0.0987. The lowest BCUT2D eigenvalue weighted by atomic mass is 10.1. The van der Waals surface area contributed by atoms with Crippen LogP contribution in [0.25, 0.3) is 10.9 Å². The lowest BCUT2D eigenvalue weighted by Gasteiger charge is -2.16. The average Bonchev–Trinajstić information content (AvgIpc) is 3.04. The highest BCUT2D eigenvalue weighted by Crippen LogP contribution is 2.27. The summed E-state index contributed by atoms with van der Waals surface area (Å²) in [5.74, 6) is 0.250. The van der Waals surface area contributed by atoms with E-state index >= 15 is 0 Å². The first-order valence-electron chi connectivity index (χ1n) is 7.30. The van der Waals surface area contributed by atoms with Gasteiger partial charge in [-0.25, -0.2) is 0 Å². The normalized spacial score (nSPS) is 11.1. The van der Waals surface area contributed by atoms with Gasteiger partial charge in [-0.15, -0.1) is 0 Å². The molecule has 2 heterocycles. The second-order valence-electron chi connectivity index (χ2n) is 5.37. The van der Waals surface area contributed by atoms with E-state index < -0.39 is 5.91 Å². The standard InChI is InChI=1S/C16H17N5O3/c1-21(9-13-19-16(15(17)22)20-24-13)8-10-5-6-12(23-2)14-11(10)4-3-7-18-14/h3-7H,8-9H2,1-2H3,(H2,17,22). The Bertz CT molecular complexity index is 877. The van der Waals surface area contributed by atoms with Crippen LogP contribution in [-0.4, -0.2) is 40.1 Å². The van der Waals surface area contributed by atoms with Gasteiger partial charge in [-0.1, -0.05) is 17.3 Å². The van der Waals surface area contributed by atoms with Crippen LogP contribution in [0.5, 0.6) is 5.75 Å². The van der Waals surface area contributed by atoms with E-state index in [0.717, 1.165) is 22.2 Å². The highest BCUT2D eigenvalue weighted by atomic mass is 16.5. The van der Waals surface area contributed by atoms with Gasteiger partial charge in [0, 0.05) is 18.1 Å². The van der Waals surface area contributed by atoms with Crippen molar-refractivity contribution >= 4 is 16.8 Å². The topological polar surface area (TPSA) is 107 Å². The molecule has 0 aliphatic rings. The molecule has 124 valence electrons. The molecule has 0 aliphatic carbocycles. The Kier molecular flexibility index (Phi) is 4.39. The number of ether oxygens (including phenoxy) is 1. The smallest absolute Gasteiger partial charge is 0.290 e. The van der Waals surface area contributed by atoms with Crippen molar-refractivity contribution in [3.8, 4) is 5.75 Å². The van der Waals surface area contributed by atoms with Crippen molar-refractivity contribution in [2.75, 3.05) is 14.2 Å². The number of fused-ring (bicyclic) bond motifs is 1. The van der Waals surface area contributed by atoms with Crippen LogP contribution in [0.15, 0.2) is 35.0 Å². The van der Waals surface area contributed by atoms with E-state index in [4.69, 9.17) is 15.0 Å². The number of pyridine rings is 1. The van der Waals surface area contributed by atoms with Gasteiger partial charge in [0.1, 0.15) is 11.3 Å². The average molecular weight is 327 g/mol. The van der Waals surface area contributed by atoms with E-state index in [2.05, 4.69) is 15.1 Å².